The van der Waals surface area contributed by atoms with Crippen molar-refractivity contribution in [1.29, 1.82) is 0 Å². The number of nitrogens with one attached hydrogen (secondary N) is 1. The van der Waals surface area contributed by atoms with Crippen LogP contribution in [0.25, 0.3) is 10.9 Å². The topological polar surface area (TPSA) is 94.8 Å². The van der Waals surface area contributed by atoms with Crippen LogP contribution in [-0.2, 0) is 17.8 Å². The molecule has 31 heavy (non-hydrogen) atoms. The number of rotatable bonds is 9. The second kappa shape index (κ2) is 9.23. The molecule has 166 valence electrons. The first kappa shape index (κ1) is 22.4. The summed E-state index contributed by atoms with van der Waals surface area (Å²) in [6, 6.07) is 3.26. The van der Waals surface area contributed by atoms with Crippen LogP contribution in [0.5, 0.6) is 5.88 Å². The highest BCUT2D eigenvalue weighted by Gasteiger charge is 2.42. The van der Waals surface area contributed by atoms with Crippen LogP contribution in [0.1, 0.15) is 23.9 Å². The van der Waals surface area contributed by atoms with Gasteiger partial charge in [0.05, 0.1) is 29.9 Å². The van der Waals surface area contributed by atoms with E-state index in [1.165, 1.54) is 0 Å². The number of fused-ring (bicyclic) bond motifs is 1. The van der Waals surface area contributed by atoms with Crippen molar-refractivity contribution in [2.24, 2.45) is 0 Å². The summed E-state index contributed by atoms with van der Waals surface area (Å²) in [5.74, 6) is -4.67. The highest BCUT2D eigenvalue weighted by Crippen LogP contribution is 2.25. The molecule has 0 unspecified atom stereocenters. The number of pyridine rings is 1. The van der Waals surface area contributed by atoms with Crippen molar-refractivity contribution < 1.29 is 27.1 Å². The standard InChI is InChI=1S/C19H20F4N6O2/c1-3-24-16(30)7-15-13-9-29(28-14(13)4-5-25-15)8-12-6-11(2)17(27-26-12)31-10-19(22,23)18(20)21/h4-6,9,18H,3,7-8,10H2,1-2H3,(H,24,30). The van der Waals surface area contributed by atoms with E-state index in [0.29, 0.717) is 34.4 Å². The lowest BCUT2D eigenvalue weighted by Crippen LogP contribution is -2.34. The molecule has 0 aliphatic rings. The van der Waals surface area contributed by atoms with E-state index < -0.39 is 19.0 Å². The number of carbonyl (C=O) groups is 1. The Labute approximate surface area is 174 Å². The van der Waals surface area contributed by atoms with Crippen molar-refractivity contribution in [3.8, 4) is 5.88 Å². The fourth-order valence-electron chi connectivity index (χ4n) is 2.83. The molecule has 0 aliphatic carbocycles. The molecule has 0 aliphatic heterocycles. The molecule has 8 nitrogen and oxygen atoms in total. The first-order valence-electron chi connectivity index (χ1n) is 9.39. The summed E-state index contributed by atoms with van der Waals surface area (Å²) in [5.41, 5.74) is 2.05. The molecule has 3 heterocycles. The molecule has 3 aromatic rings. The molecule has 0 spiro atoms. The van der Waals surface area contributed by atoms with E-state index in [2.05, 4.69) is 25.6 Å². The summed E-state index contributed by atoms with van der Waals surface area (Å²) in [4.78, 5) is 16.1. The predicted octanol–water partition coefficient (Wildman–Crippen LogP) is 2.54. The molecule has 0 aromatic carbocycles. The van der Waals surface area contributed by atoms with Gasteiger partial charge in [-0.25, -0.2) is 8.78 Å². The fraction of sp³-hybridized carbons (Fsp3) is 0.421. The van der Waals surface area contributed by atoms with E-state index in [9.17, 15) is 22.4 Å². The monoisotopic (exact) mass is 440 g/mol. The van der Waals surface area contributed by atoms with Crippen LogP contribution in [0.3, 0.4) is 0 Å². The van der Waals surface area contributed by atoms with Crippen LogP contribution < -0.4 is 10.1 Å². The number of carbonyl (C=O) groups excluding carboxylic acids is 1. The van der Waals surface area contributed by atoms with E-state index in [1.54, 1.807) is 36.1 Å². The predicted molar refractivity (Wildman–Crippen MR) is 102 cm³/mol. The smallest absolute Gasteiger partial charge is 0.340 e. The third-order valence-electron chi connectivity index (χ3n) is 4.30. The van der Waals surface area contributed by atoms with Gasteiger partial charge < -0.3 is 10.1 Å². The third-order valence-corrected chi connectivity index (χ3v) is 4.30. The van der Waals surface area contributed by atoms with Crippen molar-refractivity contribution in [3.05, 3.63) is 41.5 Å². The maximum absolute atomic E-state index is 13.0. The molecule has 0 fully saturated rings. The second-order valence-corrected chi connectivity index (χ2v) is 6.82. The zero-order valence-electron chi connectivity index (χ0n) is 16.8. The van der Waals surface area contributed by atoms with E-state index in [0.717, 1.165) is 0 Å². The van der Waals surface area contributed by atoms with E-state index in [-0.39, 0.29) is 24.8 Å². The fourth-order valence-corrected chi connectivity index (χ4v) is 2.83. The minimum Gasteiger partial charge on any atom is -0.470 e. The molecule has 1 amide bonds. The minimum atomic E-state index is -4.28. The number of halogens is 4. The number of amides is 1. The van der Waals surface area contributed by atoms with Gasteiger partial charge in [0.15, 0.2) is 6.61 Å². The summed E-state index contributed by atoms with van der Waals surface area (Å²) >= 11 is 0. The number of hydrogen-bond donors (Lipinski definition) is 1. The highest BCUT2D eigenvalue weighted by molar-refractivity contribution is 5.86. The molecule has 3 rings (SSSR count). The number of ether oxygens (including phenoxy) is 1. The van der Waals surface area contributed by atoms with Crippen molar-refractivity contribution in [2.45, 2.75) is 39.2 Å². The maximum Gasteiger partial charge on any atom is 0.340 e. The Morgan fingerprint density at radius 2 is 2.10 bits per heavy atom. The van der Waals surface area contributed by atoms with Crippen LogP contribution in [0.15, 0.2) is 24.5 Å². The van der Waals surface area contributed by atoms with Crippen LogP contribution in [-0.4, -0.2) is 56.4 Å². The van der Waals surface area contributed by atoms with E-state index >= 15 is 0 Å². The lowest BCUT2D eigenvalue weighted by Gasteiger charge is -2.16. The van der Waals surface area contributed by atoms with Gasteiger partial charge in [-0.2, -0.15) is 13.9 Å². The van der Waals surface area contributed by atoms with Gasteiger partial charge in [-0.05, 0) is 26.0 Å². The van der Waals surface area contributed by atoms with Gasteiger partial charge in [0.2, 0.25) is 11.8 Å². The Kier molecular flexibility index (Phi) is 6.66. The molecule has 0 saturated carbocycles. The van der Waals surface area contributed by atoms with Crippen molar-refractivity contribution >= 4 is 16.8 Å². The van der Waals surface area contributed by atoms with Gasteiger partial charge in [-0.15, -0.1) is 10.2 Å². The minimum absolute atomic E-state index is 0.116. The number of nitrogens with zero attached hydrogens (tertiary/aromatic N) is 5. The van der Waals surface area contributed by atoms with Crippen LogP contribution in [0.2, 0.25) is 0 Å². The molecule has 3 aromatic heterocycles. The molecule has 0 bridgehead atoms. The molecule has 1 N–H and O–H groups in total. The Morgan fingerprint density at radius 3 is 2.77 bits per heavy atom. The van der Waals surface area contributed by atoms with Gasteiger partial charge in [-0.3, -0.25) is 14.5 Å². The molecule has 0 saturated heterocycles. The lowest BCUT2D eigenvalue weighted by molar-refractivity contribution is -0.148. The highest BCUT2D eigenvalue weighted by atomic mass is 19.3. The normalized spacial score (nSPS) is 11.8. The number of likely N-dealkylation sites (N-methyl/N-ethyl adjacent to an activating group) is 1. The summed E-state index contributed by atoms with van der Waals surface area (Å²) in [7, 11) is 0. The zero-order valence-corrected chi connectivity index (χ0v) is 16.8. The third kappa shape index (κ3) is 5.44. The number of aromatic nitrogens is 5. The van der Waals surface area contributed by atoms with Crippen molar-refractivity contribution in [3.63, 3.8) is 0 Å². The summed E-state index contributed by atoms with van der Waals surface area (Å²) < 4.78 is 56.8. The molecule has 0 radical (unpaired) electrons. The van der Waals surface area contributed by atoms with E-state index in [4.69, 9.17) is 4.74 Å². The van der Waals surface area contributed by atoms with Gasteiger partial charge in [0.1, 0.15) is 0 Å². The number of hydrogen-bond acceptors (Lipinski definition) is 6. The Hall–Kier alpha value is -3.31. The van der Waals surface area contributed by atoms with Gasteiger partial charge >= 0.3 is 12.3 Å². The van der Waals surface area contributed by atoms with Gasteiger partial charge in [0.25, 0.3) is 0 Å². The van der Waals surface area contributed by atoms with Gasteiger partial charge in [-0.1, -0.05) is 0 Å². The Balaban J connectivity index is 1.74. The number of aryl methyl sites for hydroxylation is 1. The summed E-state index contributed by atoms with van der Waals surface area (Å²) in [6.07, 6.45) is -0.423. The average Bonchev–Trinajstić information content (AvgIpc) is 3.11. The number of alkyl halides is 4. The average molecular weight is 440 g/mol. The lowest BCUT2D eigenvalue weighted by atomic mass is 10.2. The largest absolute Gasteiger partial charge is 0.470 e. The summed E-state index contributed by atoms with van der Waals surface area (Å²) in [5, 5.41) is 15.5. The SMILES string of the molecule is CCNC(=O)Cc1nccc2nn(Cc3cc(C)c(OCC(F)(F)C(F)F)nn3)cc12. The molecule has 12 heteroatoms. The van der Waals surface area contributed by atoms with Gasteiger partial charge in [0, 0.05) is 29.9 Å². The Bertz CT molecular complexity index is 1070. The second-order valence-electron chi connectivity index (χ2n) is 6.82. The maximum atomic E-state index is 13.0. The van der Waals surface area contributed by atoms with Crippen molar-refractivity contribution in [1.82, 2.24) is 30.3 Å². The van der Waals surface area contributed by atoms with Crippen LogP contribution >= 0.6 is 0 Å². The zero-order chi connectivity index (χ0) is 22.6. The molecular formula is C19H20F4N6O2. The first-order chi connectivity index (χ1) is 14.7. The van der Waals surface area contributed by atoms with Crippen molar-refractivity contribution in [2.75, 3.05) is 13.2 Å². The molecular weight excluding hydrogens is 420 g/mol. The van der Waals surface area contributed by atoms with E-state index in [1.807, 2.05) is 6.92 Å². The van der Waals surface area contributed by atoms with Crippen LogP contribution in [0.4, 0.5) is 17.6 Å². The first-order valence-corrected chi connectivity index (χ1v) is 9.39. The van der Waals surface area contributed by atoms with Crippen LogP contribution in [0, 0.1) is 6.92 Å². The Morgan fingerprint density at radius 1 is 1.32 bits per heavy atom. The quantitative estimate of drug-likeness (QED) is 0.514. The molecule has 0 atom stereocenters. The summed E-state index contributed by atoms with van der Waals surface area (Å²) in [6.45, 7) is 2.60.